The summed E-state index contributed by atoms with van der Waals surface area (Å²) < 4.78 is 22.7. The molecule has 2 aromatic carbocycles. The summed E-state index contributed by atoms with van der Waals surface area (Å²) in [4.78, 5) is 15.0. The lowest BCUT2D eigenvalue weighted by Crippen LogP contribution is -2.38. The van der Waals surface area contributed by atoms with Gasteiger partial charge < -0.3 is 24.3 Å². The van der Waals surface area contributed by atoms with Crippen LogP contribution in [0, 0.1) is 0 Å². The highest BCUT2D eigenvalue weighted by Crippen LogP contribution is 2.30. The predicted molar refractivity (Wildman–Crippen MR) is 122 cm³/mol. The second kappa shape index (κ2) is 11.2. The zero-order chi connectivity index (χ0) is 22.2. The lowest BCUT2D eigenvalue weighted by molar-refractivity contribution is 0.0392. The van der Waals surface area contributed by atoms with E-state index < -0.39 is 0 Å². The average Bonchev–Trinajstić information content (AvgIpc) is 3.08. The van der Waals surface area contributed by atoms with Crippen LogP contribution >= 0.6 is 0 Å². The van der Waals surface area contributed by atoms with Crippen molar-refractivity contribution in [1.82, 2.24) is 10.2 Å². The first-order valence-electron chi connectivity index (χ1n) is 11.4. The molecule has 1 amide bonds. The number of benzene rings is 2. The van der Waals surface area contributed by atoms with Crippen molar-refractivity contribution >= 4 is 5.91 Å². The number of nitrogens with one attached hydrogen (secondary N) is 1. The van der Waals surface area contributed by atoms with E-state index in [9.17, 15) is 4.79 Å². The number of hydrogen-bond acceptors (Lipinski definition) is 6. The summed E-state index contributed by atoms with van der Waals surface area (Å²) >= 11 is 0. The van der Waals surface area contributed by atoms with Crippen molar-refractivity contribution in [3.05, 3.63) is 53.6 Å². The van der Waals surface area contributed by atoms with E-state index in [0.29, 0.717) is 49.5 Å². The number of fused-ring (bicyclic) bond motifs is 1. The third-order valence-electron chi connectivity index (χ3n) is 5.89. The van der Waals surface area contributed by atoms with Gasteiger partial charge in [0.05, 0.1) is 13.2 Å². The summed E-state index contributed by atoms with van der Waals surface area (Å²) in [6.07, 6.45) is 2.99. The highest BCUT2D eigenvalue weighted by atomic mass is 16.5. The molecule has 2 aliphatic rings. The molecule has 1 fully saturated rings. The van der Waals surface area contributed by atoms with Crippen molar-refractivity contribution in [2.75, 3.05) is 46.6 Å². The van der Waals surface area contributed by atoms with Crippen molar-refractivity contribution in [3.8, 4) is 17.2 Å². The van der Waals surface area contributed by atoms with Gasteiger partial charge in [-0.1, -0.05) is 12.1 Å². The Bertz CT molecular complexity index is 898. The Labute approximate surface area is 189 Å². The number of rotatable bonds is 8. The number of carbonyl (C=O) groups excluding carboxylic acids is 1. The van der Waals surface area contributed by atoms with E-state index in [1.807, 2.05) is 24.3 Å². The number of carbonyl (C=O) groups is 1. The summed E-state index contributed by atoms with van der Waals surface area (Å²) in [5, 5.41) is 2.97. The first kappa shape index (κ1) is 22.4. The molecule has 0 unspecified atom stereocenters. The standard InChI is InChI=1S/C25H32N2O5/c1-27(21-8-13-29-14-9-21)10-15-30-22-5-2-4-19(16-22)18-26-25(28)20-6-7-23-24(17-20)32-12-3-11-31-23/h2,4-7,16-17,21H,3,8-15,18H2,1H3,(H,26,28). The molecule has 4 rings (SSSR count). The molecule has 0 atom stereocenters. The van der Waals surface area contributed by atoms with Crippen molar-refractivity contribution in [2.45, 2.75) is 31.8 Å². The maximum absolute atomic E-state index is 12.6. The molecule has 0 bridgehead atoms. The van der Waals surface area contributed by atoms with E-state index in [2.05, 4.69) is 17.3 Å². The SMILES string of the molecule is CN(CCOc1cccc(CNC(=O)c2ccc3c(c2)OCCCO3)c1)C1CCOCC1. The molecule has 172 valence electrons. The summed E-state index contributed by atoms with van der Waals surface area (Å²) in [6.45, 7) is 4.83. The fourth-order valence-electron chi connectivity index (χ4n) is 3.95. The number of hydrogen-bond donors (Lipinski definition) is 1. The normalized spacial score (nSPS) is 16.4. The summed E-state index contributed by atoms with van der Waals surface area (Å²) in [5.74, 6) is 1.97. The average molecular weight is 441 g/mol. The van der Waals surface area contributed by atoms with Crippen molar-refractivity contribution in [2.24, 2.45) is 0 Å². The van der Waals surface area contributed by atoms with E-state index in [1.165, 1.54) is 0 Å². The number of likely N-dealkylation sites (N-methyl/N-ethyl adjacent to an activating group) is 1. The molecule has 2 aromatic rings. The highest BCUT2D eigenvalue weighted by molar-refractivity contribution is 5.94. The fraction of sp³-hybridized carbons (Fsp3) is 0.480. The van der Waals surface area contributed by atoms with Crippen LogP contribution in [0.15, 0.2) is 42.5 Å². The highest BCUT2D eigenvalue weighted by Gasteiger charge is 2.18. The first-order valence-corrected chi connectivity index (χ1v) is 11.4. The Morgan fingerprint density at radius 2 is 1.88 bits per heavy atom. The molecule has 2 heterocycles. The first-order chi connectivity index (χ1) is 15.7. The Balaban J connectivity index is 1.25. The maximum Gasteiger partial charge on any atom is 0.251 e. The molecule has 0 spiro atoms. The van der Waals surface area contributed by atoms with Crippen LogP contribution in [0.4, 0.5) is 0 Å². The smallest absolute Gasteiger partial charge is 0.251 e. The van der Waals surface area contributed by atoms with Crippen LogP contribution in [-0.4, -0.2) is 63.5 Å². The van der Waals surface area contributed by atoms with Crippen LogP contribution < -0.4 is 19.5 Å². The number of amides is 1. The Morgan fingerprint density at radius 3 is 2.72 bits per heavy atom. The van der Waals surface area contributed by atoms with E-state index in [4.69, 9.17) is 18.9 Å². The second-order valence-corrected chi connectivity index (χ2v) is 8.21. The number of nitrogens with zero attached hydrogens (tertiary/aromatic N) is 1. The maximum atomic E-state index is 12.6. The van der Waals surface area contributed by atoms with Gasteiger partial charge in [-0.2, -0.15) is 0 Å². The third-order valence-corrected chi connectivity index (χ3v) is 5.89. The van der Waals surface area contributed by atoms with Gasteiger partial charge in [-0.05, 0) is 55.8 Å². The Morgan fingerprint density at radius 1 is 1.06 bits per heavy atom. The summed E-state index contributed by atoms with van der Waals surface area (Å²) in [5.41, 5.74) is 1.54. The summed E-state index contributed by atoms with van der Waals surface area (Å²) in [7, 11) is 2.14. The van der Waals surface area contributed by atoms with Crippen LogP contribution in [-0.2, 0) is 11.3 Å². The molecule has 2 aliphatic heterocycles. The van der Waals surface area contributed by atoms with Crippen molar-refractivity contribution in [3.63, 3.8) is 0 Å². The van der Waals surface area contributed by atoms with Crippen LogP contribution in [0.2, 0.25) is 0 Å². The molecular formula is C25H32N2O5. The molecule has 7 heteroatoms. The van der Waals surface area contributed by atoms with E-state index >= 15 is 0 Å². The lowest BCUT2D eigenvalue weighted by Gasteiger charge is -2.31. The summed E-state index contributed by atoms with van der Waals surface area (Å²) in [6, 6.07) is 13.7. The molecule has 32 heavy (non-hydrogen) atoms. The van der Waals surface area contributed by atoms with E-state index in [0.717, 1.165) is 50.3 Å². The van der Waals surface area contributed by atoms with Crippen LogP contribution in [0.5, 0.6) is 17.2 Å². The van der Waals surface area contributed by atoms with E-state index in [-0.39, 0.29) is 5.91 Å². The quantitative estimate of drug-likeness (QED) is 0.680. The zero-order valence-corrected chi connectivity index (χ0v) is 18.7. The third kappa shape index (κ3) is 6.14. The van der Waals surface area contributed by atoms with Crippen molar-refractivity contribution in [1.29, 1.82) is 0 Å². The monoisotopic (exact) mass is 440 g/mol. The molecule has 0 radical (unpaired) electrons. The van der Waals surface area contributed by atoms with Gasteiger partial charge in [-0.15, -0.1) is 0 Å². The number of ether oxygens (including phenoxy) is 4. The van der Waals surface area contributed by atoms with Gasteiger partial charge in [-0.3, -0.25) is 9.69 Å². The topological polar surface area (TPSA) is 69.3 Å². The molecule has 1 N–H and O–H groups in total. The van der Waals surface area contributed by atoms with Gasteiger partial charge in [0.2, 0.25) is 0 Å². The van der Waals surface area contributed by atoms with Crippen LogP contribution in [0.3, 0.4) is 0 Å². The van der Waals surface area contributed by atoms with Gasteiger partial charge in [0.1, 0.15) is 12.4 Å². The van der Waals surface area contributed by atoms with Gasteiger partial charge in [0.25, 0.3) is 5.91 Å². The second-order valence-electron chi connectivity index (χ2n) is 8.21. The minimum absolute atomic E-state index is 0.148. The molecular weight excluding hydrogens is 408 g/mol. The van der Waals surface area contributed by atoms with Crippen molar-refractivity contribution < 1.29 is 23.7 Å². The lowest BCUT2D eigenvalue weighted by atomic mass is 10.1. The van der Waals surface area contributed by atoms with Gasteiger partial charge >= 0.3 is 0 Å². The molecule has 0 aromatic heterocycles. The largest absolute Gasteiger partial charge is 0.492 e. The van der Waals surface area contributed by atoms with Gasteiger partial charge in [-0.25, -0.2) is 0 Å². The predicted octanol–water partition coefficient (Wildman–Crippen LogP) is 3.27. The Kier molecular flexibility index (Phi) is 7.85. The van der Waals surface area contributed by atoms with Gasteiger partial charge in [0, 0.05) is 44.3 Å². The molecule has 1 saturated heterocycles. The molecule has 0 aliphatic carbocycles. The van der Waals surface area contributed by atoms with E-state index in [1.54, 1.807) is 18.2 Å². The molecule has 7 nitrogen and oxygen atoms in total. The van der Waals surface area contributed by atoms with Gasteiger partial charge in [0.15, 0.2) is 11.5 Å². The minimum Gasteiger partial charge on any atom is -0.492 e. The fourth-order valence-corrected chi connectivity index (χ4v) is 3.95. The van der Waals surface area contributed by atoms with Crippen LogP contribution in [0.1, 0.15) is 35.2 Å². The van der Waals surface area contributed by atoms with Crippen LogP contribution in [0.25, 0.3) is 0 Å². The minimum atomic E-state index is -0.148. The molecule has 0 saturated carbocycles. The Hall–Kier alpha value is -2.77. The zero-order valence-electron chi connectivity index (χ0n) is 18.7.